The van der Waals surface area contributed by atoms with Gasteiger partial charge in [-0.05, 0) is 32.3 Å². The van der Waals surface area contributed by atoms with Crippen LogP contribution in [0.3, 0.4) is 0 Å². The lowest BCUT2D eigenvalue weighted by Crippen LogP contribution is -2.48. The van der Waals surface area contributed by atoms with Gasteiger partial charge in [0, 0.05) is 0 Å². The van der Waals surface area contributed by atoms with Crippen LogP contribution in [0, 0.1) is 0 Å². The first kappa shape index (κ1) is 12.9. The van der Waals surface area contributed by atoms with Gasteiger partial charge in [0.25, 0.3) is 0 Å². The van der Waals surface area contributed by atoms with Crippen LogP contribution in [-0.2, 0) is 11.2 Å². The monoisotopic (exact) mass is 249 g/mol. The summed E-state index contributed by atoms with van der Waals surface area (Å²) in [5.41, 5.74) is 0.717. The molecule has 0 saturated carbocycles. The Kier molecular flexibility index (Phi) is 3.57. The van der Waals surface area contributed by atoms with Crippen LogP contribution in [0.2, 0.25) is 0 Å². The van der Waals surface area contributed by atoms with Crippen LogP contribution >= 0.6 is 0 Å². The number of nitrogens with zero attached hydrogens (tertiary/aromatic N) is 1. The van der Waals surface area contributed by atoms with E-state index in [9.17, 15) is 9.90 Å². The SMILES string of the molecule is CC1(C)COC(=O)N1C(O)CCc1ccccc1. The first-order valence-electron chi connectivity index (χ1n) is 6.19. The van der Waals surface area contributed by atoms with Crippen LogP contribution in [-0.4, -0.2) is 34.5 Å². The Labute approximate surface area is 107 Å². The van der Waals surface area contributed by atoms with Crippen LogP contribution in [0.25, 0.3) is 0 Å². The summed E-state index contributed by atoms with van der Waals surface area (Å²) in [5.74, 6) is 0. The van der Waals surface area contributed by atoms with E-state index in [1.54, 1.807) is 0 Å². The lowest BCUT2D eigenvalue weighted by atomic mass is 10.0. The molecule has 1 N–H and O–H groups in total. The van der Waals surface area contributed by atoms with E-state index in [1.165, 1.54) is 4.90 Å². The summed E-state index contributed by atoms with van der Waals surface area (Å²) in [5, 5.41) is 10.1. The predicted octanol–water partition coefficient (Wildman–Crippen LogP) is 2.17. The fourth-order valence-electron chi connectivity index (χ4n) is 2.22. The number of ether oxygens (including phenoxy) is 1. The van der Waals surface area contributed by atoms with E-state index in [0.29, 0.717) is 13.0 Å². The van der Waals surface area contributed by atoms with Gasteiger partial charge in [-0.2, -0.15) is 0 Å². The Hall–Kier alpha value is -1.55. The average molecular weight is 249 g/mol. The molecule has 1 unspecified atom stereocenters. The van der Waals surface area contributed by atoms with Crippen molar-refractivity contribution in [3.63, 3.8) is 0 Å². The number of carbonyl (C=O) groups is 1. The molecule has 18 heavy (non-hydrogen) atoms. The molecule has 1 aromatic carbocycles. The maximum absolute atomic E-state index is 11.6. The molecule has 2 rings (SSSR count). The van der Waals surface area contributed by atoms with E-state index in [4.69, 9.17) is 4.74 Å². The molecule has 1 fully saturated rings. The molecule has 0 spiro atoms. The molecule has 0 aliphatic carbocycles. The molecule has 4 heteroatoms. The average Bonchev–Trinajstić information content (AvgIpc) is 2.62. The van der Waals surface area contributed by atoms with Crippen molar-refractivity contribution >= 4 is 6.09 Å². The maximum Gasteiger partial charge on any atom is 0.412 e. The Morgan fingerprint density at radius 2 is 2.06 bits per heavy atom. The summed E-state index contributed by atoms with van der Waals surface area (Å²) in [7, 11) is 0. The van der Waals surface area contributed by atoms with Crippen LogP contribution in [0.5, 0.6) is 0 Å². The molecule has 0 aromatic heterocycles. The van der Waals surface area contributed by atoms with Crippen LogP contribution in [0.4, 0.5) is 4.79 Å². The number of carbonyl (C=O) groups excluding carboxylic acids is 1. The zero-order chi connectivity index (χ0) is 13.2. The molecule has 4 nitrogen and oxygen atoms in total. The molecular formula is C14H19NO3. The molecule has 98 valence electrons. The third-order valence-electron chi connectivity index (χ3n) is 3.23. The molecular weight excluding hydrogens is 230 g/mol. The minimum Gasteiger partial charge on any atom is -0.447 e. The fourth-order valence-corrected chi connectivity index (χ4v) is 2.22. The van der Waals surface area contributed by atoms with Crippen molar-refractivity contribution in [3.05, 3.63) is 35.9 Å². The zero-order valence-corrected chi connectivity index (χ0v) is 10.8. The number of aliphatic hydroxyl groups is 1. The van der Waals surface area contributed by atoms with Crippen molar-refractivity contribution in [2.75, 3.05) is 6.61 Å². The predicted molar refractivity (Wildman–Crippen MR) is 68.0 cm³/mol. The molecule has 1 amide bonds. The minimum absolute atomic E-state index is 0.328. The van der Waals surface area contributed by atoms with Crippen molar-refractivity contribution in [3.8, 4) is 0 Å². The lowest BCUT2D eigenvalue weighted by Gasteiger charge is -2.32. The normalized spacial score (nSPS) is 19.7. The van der Waals surface area contributed by atoms with Crippen LogP contribution in [0.1, 0.15) is 25.8 Å². The van der Waals surface area contributed by atoms with Gasteiger partial charge in [-0.15, -0.1) is 0 Å². The Morgan fingerprint density at radius 1 is 1.39 bits per heavy atom. The molecule has 0 radical (unpaired) electrons. The summed E-state index contributed by atoms with van der Waals surface area (Å²) in [4.78, 5) is 13.0. The van der Waals surface area contributed by atoms with E-state index in [0.717, 1.165) is 12.0 Å². The van der Waals surface area contributed by atoms with Crippen molar-refractivity contribution in [1.82, 2.24) is 4.90 Å². The molecule has 1 heterocycles. The highest BCUT2D eigenvalue weighted by atomic mass is 16.6. The molecule has 1 atom stereocenters. The molecule has 1 saturated heterocycles. The van der Waals surface area contributed by atoms with E-state index in [-0.39, 0.29) is 0 Å². The second-order valence-corrected chi connectivity index (χ2v) is 5.24. The van der Waals surface area contributed by atoms with Crippen LogP contribution < -0.4 is 0 Å². The van der Waals surface area contributed by atoms with Gasteiger partial charge in [-0.25, -0.2) is 4.79 Å². The number of hydrogen-bond donors (Lipinski definition) is 1. The van der Waals surface area contributed by atoms with Gasteiger partial charge in [0.15, 0.2) is 0 Å². The highest BCUT2D eigenvalue weighted by Gasteiger charge is 2.43. The van der Waals surface area contributed by atoms with Gasteiger partial charge in [0.1, 0.15) is 12.8 Å². The van der Waals surface area contributed by atoms with Gasteiger partial charge in [0.05, 0.1) is 5.54 Å². The Morgan fingerprint density at radius 3 is 2.61 bits per heavy atom. The summed E-state index contributed by atoms with van der Waals surface area (Å²) < 4.78 is 4.98. The molecule has 1 aliphatic rings. The van der Waals surface area contributed by atoms with E-state index < -0.39 is 17.9 Å². The number of amides is 1. The third kappa shape index (κ3) is 2.64. The van der Waals surface area contributed by atoms with Crippen molar-refractivity contribution in [2.45, 2.75) is 38.5 Å². The summed E-state index contributed by atoms with van der Waals surface area (Å²) in [6.45, 7) is 4.11. The Balaban J connectivity index is 1.96. The second kappa shape index (κ2) is 4.98. The van der Waals surface area contributed by atoms with E-state index in [1.807, 2.05) is 44.2 Å². The number of cyclic esters (lactones) is 1. The van der Waals surface area contributed by atoms with Gasteiger partial charge < -0.3 is 9.84 Å². The molecule has 0 bridgehead atoms. The number of aryl methyl sites for hydroxylation is 1. The Bertz CT molecular complexity index is 416. The standard InChI is InChI=1S/C14H19NO3/c1-14(2)10-18-13(17)15(14)12(16)9-8-11-6-4-3-5-7-11/h3-7,12,16H,8-10H2,1-2H3. The maximum atomic E-state index is 11.6. The van der Waals surface area contributed by atoms with Gasteiger partial charge >= 0.3 is 6.09 Å². The zero-order valence-electron chi connectivity index (χ0n) is 10.8. The van der Waals surface area contributed by atoms with Crippen LogP contribution in [0.15, 0.2) is 30.3 Å². The van der Waals surface area contributed by atoms with Gasteiger partial charge in [0.2, 0.25) is 0 Å². The fraction of sp³-hybridized carbons (Fsp3) is 0.500. The highest BCUT2D eigenvalue weighted by molar-refractivity contribution is 5.71. The first-order valence-corrected chi connectivity index (χ1v) is 6.19. The van der Waals surface area contributed by atoms with Crippen molar-refractivity contribution in [1.29, 1.82) is 0 Å². The third-order valence-corrected chi connectivity index (χ3v) is 3.23. The van der Waals surface area contributed by atoms with Crippen molar-refractivity contribution in [2.24, 2.45) is 0 Å². The topological polar surface area (TPSA) is 49.8 Å². The quantitative estimate of drug-likeness (QED) is 0.889. The molecule has 1 aromatic rings. The highest BCUT2D eigenvalue weighted by Crippen LogP contribution is 2.26. The summed E-state index contributed by atoms with van der Waals surface area (Å²) in [6, 6.07) is 9.92. The van der Waals surface area contributed by atoms with Gasteiger partial charge in [-0.1, -0.05) is 30.3 Å². The van der Waals surface area contributed by atoms with E-state index in [2.05, 4.69) is 0 Å². The minimum atomic E-state index is -0.796. The number of hydrogen-bond acceptors (Lipinski definition) is 3. The second-order valence-electron chi connectivity index (χ2n) is 5.24. The molecule has 1 aliphatic heterocycles. The summed E-state index contributed by atoms with van der Waals surface area (Å²) >= 11 is 0. The largest absolute Gasteiger partial charge is 0.447 e. The summed E-state index contributed by atoms with van der Waals surface area (Å²) in [6.07, 6.45) is 0.0282. The van der Waals surface area contributed by atoms with Gasteiger partial charge in [-0.3, -0.25) is 4.90 Å². The number of rotatable bonds is 4. The number of aliphatic hydroxyl groups excluding tert-OH is 1. The number of benzene rings is 1. The van der Waals surface area contributed by atoms with E-state index >= 15 is 0 Å². The smallest absolute Gasteiger partial charge is 0.412 e. The lowest BCUT2D eigenvalue weighted by molar-refractivity contribution is -0.00836. The first-order chi connectivity index (χ1) is 8.50. The van der Waals surface area contributed by atoms with Crippen molar-refractivity contribution < 1.29 is 14.6 Å².